The van der Waals surface area contributed by atoms with Gasteiger partial charge in [0.15, 0.2) is 0 Å². The van der Waals surface area contributed by atoms with E-state index in [-0.39, 0.29) is 24.1 Å². The summed E-state index contributed by atoms with van der Waals surface area (Å²) < 4.78 is 26.0. The molecule has 0 spiro atoms. The Morgan fingerprint density at radius 1 is 0.963 bits per heavy atom. The maximum Gasteiger partial charge on any atom is 0.254 e. The second kappa shape index (κ2) is 8.73. The minimum Gasteiger partial charge on any atom is -0.369 e. The Hall–Kier alpha value is -2.80. The first-order valence-corrected chi connectivity index (χ1v) is 8.83. The van der Waals surface area contributed by atoms with Gasteiger partial charge < -0.3 is 4.90 Å². The summed E-state index contributed by atoms with van der Waals surface area (Å²) in [5.74, 6) is -0.743. The summed E-state index contributed by atoms with van der Waals surface area (Å²) in [4.78, 5) is 16.3. The molecule has 5 nitrogen and oxygen atoms in total. The van der Waals surface area contributed by atoms with Crippen molar-refractivity contribution in [2.24, 2.45) is 5.10 Å². The molecule has 0 atom stereocenters. The lowest BCUT2D eigenvalue weighted by molar-refractivity contribution is -0.122. The quantitative estimate of drug-likeness (QED) is 0.648. The molecular formula is C20H22F2N4O. The van der Waals surface area contributed by atoms with Crippen LogP contribution in [0.3, 0.4) is 0 Å². The number of anilines is 1. The SMILES string of the molecule is C/C(=N/NC(=O)CN1CCN(c2ccc(F)cc2)CC1)c1ccc(F)cc1. The zero-order valence-electron chi connectivity index (χ0n) is 15.2. The highest BCUT2D eigenvalue weighted by Gasteiger charge is 2.19. The van der Waals surface area contributed by atoms with Gasteiger partial charge in [-0.2, -0.15) is 5.10 Å². The van der Waals surface area contributed by atoms with Gasteiger partial charge in [-0.1, -0.05) is 12.1 Å². The number of amides is 1. The van der Waals surface area contributed by atoms with Crippen molar-refractivity contribution in [1.29, 1.82) is 0 Å². The van der Waals surface area contributed by atoms with E-state index >= 15 is 0 Å². The Labute approximate surface area is 157 Å². The van der Waals surface area contributed by atoms with E-state index in [2.05, 4.69) is 20.3 Å². The van der Waals surface area contributed by atoms with Gasteiger partial charge in [0, 0.05) is 31.9 Å². The van der Waals surface area contributed by atoms with Gasteiger partial charge in [-0.3, -0.25) is 9.69 Å². The van der Waals surface area contributed by atoms with E-state index in [4.69, 9.17) is 0 Å². The third-order valence-electron chi connectivity index (χ3n) is 4.54. The molecule has 2 aromatic carbocycles. The Morgan fingerprint density at radius 2 is 1.52 bits per heavy atom. The average molecular weight is 372 g/mol. The molecule has 1 saturated heterocycles. The van der Waals surface area contributed by atoms with Crippen molar-refractivity contribution >= 4 is 17.3 Å². The fourth-order valence-electron chi connectivity index (χ4n) is 2.96. The van der Waals surface area contributed by atoms with Gasteiger partial charge in [-0.05, 0) is 48.9 Å². The minimum absolute atomic E-state index is 0.188. The average Bonchev–Trinajstić information content (AvgIpc) is 2.68. The lowest BCUT2D eigenvalue weighted by atomic mass is 10.1. The number of hydrogen-bond acceptors (Lipinski definition) is 4. The molecule has 27 heavy (non-hydrogen) atoms. The van der Waals surface area contributed by atoms with Gasteiger partial charge in [0.05, 0.1) is 12.3 Å². The third-order valence-corrected chi connectivity index (χ3v) is 4.54. The van der Waals surface area contributed by atoms with Crippen molar-refractivity contribution < 1.29 is 13.6 Å². The number of piperazine rings is 1. The van der Waals surface area contributed by atoms with E-state index in [1.54, 1.807) is 31.2 Å². The normalized spacial score (nSPS) is 15.7. The summed E-state index contributed by atoms with van der Waals surface area (Å²) in [5, 5.41) is 4.08. The summed E-state index contributed by atoms with van der Waals surface area (Å²) in [5.41, 5.74) is 4.91. The van der Waals surface area contributed by atoms with Crippen LogP contribution in [0.1, 0.15) is 12.5 Å². The smallest absolute Gasteiger partial charge is 0.254 e. The minimum atomic E-state index is -0.310. The molecule has 0 saturated carbocycles. The highest BCUT2D eigenvalue weighted by molar-refractivity contribution is 5.99. The lowest BCUT2D eigenvalue weighted by Gasteiger charge is -2.35. The monoisotopic (exact) mass is 372 g/mol. The molecule has 7 heteroatoms. The number of halogens is 2. The van der Waals surface area contributed by atoms with Crippen LogP contribution in [-0.2, 0) is 4.79 Å². The molecule has 3 rings (SSSR count). The molecule has 142 valence electrons. The zero-order chi connectivity index (χ0) is 19.2. The summed E-state index contributed by atoms with van der Waals surface area (Å²) in [6, 6.07) is 12.4. The van der Waals surface area contributed by atoms with Crippen LogP contribution < -0.4 is 10.3 Å². The Morgan fingerprint density at radius 3 is 2.11 bits per heavy atom. The Kier molecular flexibility index (Phi) is 6.13. The zero-order valence-corrected chi connectivity index (χ0v) is 15.2. The number of hydrogen-bond donors (Lipinski definition) is 1. The van der Waals surface area contributed by atoms with E-state index < -0.39 is 0 Å². The molecule has 1 amide bonds. The first-order chi connectivity index (χ1) is 13.0. The molecule has 0 bridgehead atoms. The van der Waals surface area contributed by atoms with Crippen LogP contribution in [-0.4, -0.2) is 49.2 Å². The number of nitrogens with one attached hydrogen (secondary N) is 1. The van der Waals surface area contributed by atoms with Crippen molar-refractivity contribution in [3.8, 4) is 0 Å². The molecule has 1 N–H and O–H groups in total. The molecule has 0 aromatic heterocycles. The Balaban J connectivity index is 1.46. The van der Waals surface area contributed by atoms with Crippen LogP contribution in [0.25, 0.3) is 0 Å². The maximum absolute atomic E-state index is 13.0. The van der Waals surface area contributed by atoms with Crippen LogP contribution in [0.15, 0.2) is 53.6 Å². The fraction of sp³-hybridized carbons (Fsp3) is 0.300. The summed E-state index contributed by atoms with van der Waals surface area (Å²) in [6.45, 7) is 5.05. The van der Waals surface area contributed by atoms with Gasteiger partial charge in [-0.15, -0.1) is 0 Å². The van der Waals surface area contributed by atoms with Crippen molar-refractivity contribution in [3.63, 3.8) is 0 Å². The van der Waals surface area contributed by atoms with Crippen molar-refractivity contribution in [3.05, 3.63) is 65.7 Å². The van der Waals surface area contributed by atoms with Crippen LogP contribution in [0.2, 0.25) is 0 Å². The number of rotatable bonds is 5. The molecule has 1 fully saturated rings. The maximum atomic E-state index is 13.0. The molecule has 2 aromatic rings. The van der Waals surface area contributed by atoms with Crippen LogP contribution in [0, 0.1) is 11.6 Å². The van der Waals surface area contributed by atoms with Crippen LogP contribution >= 0.6 is 0 Å². The topological polar surface area (TPSA) is 47.9 Å². The molecule has 1 aliphatic rings. The van der Waals surface area contributed by atoms with E-state index in [0.717, 1.165) is 37.4 Å². The number of carbonyl (C=O) groups is 1. The van der Waals surface area contributed by atoms with Gasteiger partial charge >= 0.3 is 0 Å². The van der Waals surface area contributed by atoms with Crippen molar-refractivity contribution in [2.75, 3.05) is 37.6 Å². The molecule has 0 radical (unpaired) electrons. The van der Waals surface area contributed by atoms with Gasteiger partial charge in [0.1, 0.15) is 11.6 Å². The third kappa shape index (κ3) is 5.34. The van der Waals surface area contributed by atoms with Gasteiger partial charge in [0.2, 0.25) is 0 Å². The molecule has 0 aliphatic carbocycles. The first kappa shape index (κ1) is 19.0. The number of hydrazone groups is 1. The largest absolute Gasteiger partial charge is 0.369 e. The number of benzene rings is 2. The van der Waals surface area contributed by atoms with Crippen LogP contribution in [0.4, 0.5) is 14.5 Å². The molecule has 0 unspecified atom stereocenters. The standard InChI is InChI=1S/C20H22F2N4O/c1-15(16-2-4-17(21)5-3-16)23-24-20(27)14-25-10-12-26(13-11-25)19-8-6-18(22)7-9-19/h2-9H,10-14H2,1H3,(H,24,27)/b23-15-. The van der Waals surface area contributed by atoms with Gasteiger partial charge in [0.25, 0.3) is 5.91 Å². The van der Waals surface area contributed by atoms with Crippen LogP contribution in [0.5, 0.6) is 0 Å². The molecular weight excluding hydrogens is 350 g/mol. The van der Waals surface area contributed by atoms with E-state index in [9.17, 15) is 13.6 Å². The van der Waals surface area contributed by atoms with Gasteiger partial charge in [-0.25, -0.2) is 14.2 Å². The predicted molar refractivity (Wildman–Crippen MR) is 102 cm³/mol. The van der Waals surface area contributed by atoms with Crippen molar-refractivity contribution in [2.45, 2.75) is 6.92 Å². The highest BCUT2D eigenvalue weighted by Crippen LogP contribution is 2.16. The highest BCUT2D eigenvalue weighted by atomic mass is 19.1. The van der Waals surface area contributed by atoms with E-state index in [0.29, 0.717) is 5.71 Å². The second-order valence-electron chi connectivity index (χ2n) is 6.48. The first-order valence-electron chi connectivity index (χ1n) is 8.83. The Bertz CT molecular complexity index is 798. The lowest BCUT2D eigenvalue weighted by Crippen LogP contribution is -2.49. The van der Waals surface area contributed by atoms with E-state index in [1.807, 2.05) is 0 Å². The summed E-state index contributed by atoms with van der Waals surface area (Å²) in [7, 11) is 0. The van der Waals surface area contributed by atoms with E-state index in [1.165, 1.54) is 24.3 Å². The van der Waals surface area contributed by atoms with Crippen molar-refractivity contribution in [1.82, 2.24) is 10.3 Å². The second-order valence-corrected chi connectivity index (χ2v) is 6.48. The predicted octanol–water partition coefficient (Wildman–Crippen LogP) is 2.63. The number of nitrogens with zero attached hydrogens (tertiary/aromatic N) is 3. The number of carbonyl (C=O) groups excluding carboxylic acids is 1. The summed E-state index contributed by atoms with van der Waals surface area (Å²) in [6.07, 6.45) is 0. The summed E-state index contributed by atoms with van der Waals surface area (Å²) >= 11 is 0. The molecule has 1 aliphatic heterocycles. The molecule has 1 heterocycles. The fourth-order valence-corrected chi connectivity index (χ4v) is 2.96.